The summed E-state index contributed by atoms with van der Waals surface area (Å²) in [5.41, 5.74) is -3.55. The van der Waals surface area contributed by atoms with Crippen molar-refractivity contribution in [2.24, 2.45) is 5.92 Å². The largest absolute Gasteiger partial charge is 0.497 e. The van der Waals surface area contributed by atoms with Crippen LogP contribution >= 0.6 is 0 Å². The lowest BCUT2D eigenvalue weighted by atomic mass is 9.77. The predicted molar refractivity (Wildman–Crippen MR) is 92.7 cm³/mol. The molecule has 2 amide bonds. The summed E-state index contributed by atoms with van der Waals surface area (Å²) in [5, 5.41) is 14.3. The molecule has 1 heterocycles. The predicted octanol–water partition coefficient (Wildman–Crippen LogP) is 2.80. The van der Waals surface area contributed by atoms with Crippen molar-refractivity contribution in [3.05, 3.63) is 65.7 Å². The summed E-state index contributed by atoms with van der Waals surface area (Å²) in [6.45, 7) is 0. The molecule has 2 aromatic carbocycles. The SMILES string of the molecule is COc1ccc(C(=O)C2C(c3ccccc3)NC(=O)NC2(O)C(F)(F)F)cc1. The normalized spacial score (nSPS) is 24.8. The second-order valence-electron chi connectivity index (χ2n) is 6.32. The van der Waals surface area contributed by atoms with Gasteiger partial charge in [-0.25, -0.2) is 4.79 Å². The van der Waals surface area contributed by atoms with Gasteiger partial charge in [0.05, 0.1) is 13.2 Å². The summed E-state index contributed by atoms with van der Waals surface area (Å²) < 4.78 is 46.3. The number of nitrogens with one attached hydrogen (secondary N) is 2. The maximum atomic E-state index is 13.8. The van der Waals surface area contributed by atoms with Gasteiger partial charge in [-0.15, -0.1) is 0 Å². The highest BCUT2D eigenvalue weighted by Crippen LogP contribution is 2.43. The number of alkyl halides is 3. The van der Waals surface area contributed by atoms with E-state index in [9.17, 15) is 27.9 Å². The molecule has 9 heteroatoms. The van der Waals surface area contributed by atoms with Crippen LogP contribution in [-0.2, 0) is 0 Å². The Hall–Kier alpha value is -3.07. The second kappa shape index (κ2) is 7.16. The summed E-state index contributed by atoms with van der Waals surface area (Å²) in [4.78, 5) is 24.9. The van der Waals surface area contributed by atoms with Gasteiger partial charge in [0.15, 0.2) is 5.78 Å². The molecule has 1 saturated heterocycles. The molecular weight excluding hydrogens is 377 g/mol. The number of aliphatic hydroxyl groups is 1. The molecule has 3 N–H and O–H groups in total. The molecule has 1 aliphatic heterocycles. The van der Waals surface area contributed by atoms with Crippen molar-refractivity contribution in [2.45, 2.75) is 17.9 Å². The molecule has 0 spiro atoms. The Labute approximate surface area is 158 Å². The minimum atomic E-state index is -5.29. The summed E-state index contributed by atoms with van der Waals surface area (Å²) >= 11 is 0. The molecule has 0 aromatic heterocycles. The van der Waals surface area contributed by atoms with E-state index < -0.39 is 35.7 Å². The molecule has 28 heavy (non-hydrogen) atoms. The Morgan fingerprint density at radius 3 is 2.25 bits per heavy atom. The Morgan fingerprint density at radius 1 is 1.11 bits per heavy atom. The van der Waals surface area contributed by atoms with Crippen molar-refractivity contribution >= 4 is 11.8 Å². The fourth-order valence-electron chi connectivity index (χ4n) is 3.21. The van der Waals surface area contributed by atoms with Gasteiger partial charge in [0.25, 0.3) is 0 Å². The lowest BCUT2D eigenvalue weighted by Gasteiger charge is -2.45. The number of Topliss-reactive ketones (excluding diaryl/α,β-unsaturated/α-hetero) is 1. The van der Waals surface area contributed by atoms with E-state index in [4.69, 9.17) is 4.74 Å². The number of carbonyl (C=O) groups is 2. The Balaban J connectivity index is 2.12. The van der Waals surface area contributed by atoms with Gasteiger partial charge < -0.3 is 20.5 Å². The smallest absolute Gasteiger partial charge is 0.437 e. The van der Waals surface area contributed by atoms with Crippen molar-refractivity contribution in [2.75, 3.05) is 7.11 Å². The number of hydrogen-bond acceptors (Lipinski definition) is 4. The van der Waals surface area contributed by atoms with Crippen LogP contribution in [0.25, 0.3) is 0 Å². The summed E-state index contributed by atoms with van der Waals surface area (Å²) in [7, 11) is 1.41. The van der Waals surface area contributed by atoms with Gasteiger partial charge >= 0.3 is 12.2 Å². The van der Waals surface area contributed by atoms with E-state index >= 15 is 0 Å². The fraction of sp³-hybridized carbons (Fsp3) is 0.263. The van der Waals surface area contributed by atoms with E-state index in [0.29, 0.717) is 5.75 Å². The summed E-state index contributed by atoms with van der Waals surface area (Å²) in [5.74, 6) is -2.62. The number of carbonyl (C=O) groups excluding carboxylic acids is 2. The van der Waals surface area contributed by atoms with E-state index in [0.717, 1.165) is 0 Å². The van der Waals surface area contributed by atoms with Crippen molar-refractivity contribution in [3.63, 3.8) is 0 Å². The molecule has 6 nitrogen and oxygen atoms in total. The van der Waals surface area contributed by atoms with Crippen LogP contribution in [0.15, 0.2) is 54.6 Å². The van der Waals surface area contributed by atoms with Crippen molar-refractivity contribution < 1.29 is 32.6 Å². The molecule has 2 aromatic rings. The fourth-order valence-corrected chi connectivity index (χ4v) is 3.21. The molecule has 0 bridgehead atoms. The molecule has 3 unspecified atom stereocenters. The molecular formula is C19H17F3N2O4. The highest BCUT2D eigenvalue weighted by molar-refractivity contribution is 6.00. The van der Waals surface area contributed by atoms with Crippen LogP contribution < -0.4 is 15.4 Å². The highest BCUT2D eigenvalue weighted by atomic mass is 19.4. The third kappa shape index (κ3) is 3.40. The molecule has 3 rings (SSSR count). The first kappa shape index (κ1) is 19.7. The van der Waals surface area contributed by atoms with Crippen LogP contribution in [0.4, 0.5) is 18.0 Å². The molecule has 1 aliphatic rings. The van der Waals surface area contributed by atoms with Crippen LogP contribution in [0.5, 0.6) is 5.75 Å². The average Bonchev–Trinajstić information content (AvgIpc) is 2.67. The maximum Gasteiger partial charge on any atom is 0.437 e. The second-order valence-corrected chi connectivity index (χ2v) is 6.32. The Kier molecular flexibility index (Phi) is 5.03. The highest BCUT2D eigenvalue weighted by Gasteiger charge is 2.66. The van der Waals surface area contributed by atoms with Crippen LogP contribution in [0.3, 0.4) is 0 Å². The number of hydrogen-bond donors (Lipinski definition) is 3. The number of ketones is 1. The maximum absolute atomic E-state index is 13.8. The lowest BCUT2D eigenvalue weighted by molar-refractivity contribution is -0.287. The van der Waals surface area contributed by atoms with E-state index in [1.54, 1.807) is 18.2 Å². The number of benzene rings is 2. The number of methoxy groups -OCH3 is 1. The first-order valence-electron chi connectivity index (χ1n) is 8.28. The minimum Gasteiger partial charge on any atom is -0.497 e. The Morgan fingerprint density at radius 2 is 1.71 bits per heavy atom. The van der Waals surface area contributed by atoms with Crippen molar-refractivity contribution in [1.29, 1.82) is 0 Å². The van der Waals surface area contributed by atoms with Crippen LogP contribution in [0.2, 0.25) is 0 Å². The van der Waals surface area contributed by atoms with Gasteiger partial charge in [-0.2, -0.15) is 13.2 Å². The number of halogens is 3. The van der Waals surface area contributed by atoms with E-state index in [1.807, 2.05) is 0 Å². The quantitative estimate of drug-likeness (QED) is 0.696. The van der Waals surface area contributed by atoms with Crippen LogP contribution in [0, 0.1) is 5.92 Å². The number of rotatable bonds is 4. The average molecular weight is 394 g/mol. The topological polar surface area (TPSA) is 87.7 Å². The van der Waals surface area contributed by atoms with Gasteiger partial charge in [-0.05, 0) is 29.8 Å². The number of amides is 2. The zero-order chi connectivity index (χ0) is 20.5. The van der Waals surface area contributed by atoms with Gasteiger partial charge in [0, 0.05) is 5.56 Å². The molecule has 3 atom stereocenters. The van der Waals surface area contributed by atoms with Crippen molar-refractivity contribution in [3.8, 4) is 5.75 Å². The van der Waals surface area contributed by atoms with Gasteiger partial charge in [-0.1, -0.05) is 30.3 Å². The third-order valence-corrected chi connectivity index (χ3v) is 4.62. The molecule has 0 aliphatic carbocycles. The summed E-state index contributed by atoms with van der Waals surface area (Å²) in [6, 6.07) is 10.5. The molecule has 0 saturated carbocycles. The monoisotopic (exact) mass is 394 g/mol. The lowest BCUT2D eigenvalue weighted by Crippen LogP contribution is -2.72. The van der Waals surface area contributed by atoms with E-state index in [1.165, 1.54) is 48.8 Å². The van der Waals surface area contributed by atoms with Gasteiger partial charge in [0.2, 0.25) is 5.72 Å². The minimum absolute atomic E-state index is 0.0626. The van der Waals surface area contributed by atoms with Crippen LogP contribution in [-0.4, -0.2) is 35.9 Å². The first-order chi connectivity index (χ1) is 13.2. The number of ether oxygens (including phenoxy) is 1. The third-order valence-electron chi connectivity index (χ3n) is 4.62. The van der Waals surface area contributed by atoms with Gasteiger partial charge in [-0.3, -0.25) is 4.79 Å². The first-order valence-corrected chi connectivity index (χ1v) is 8.28. The standard InChI is InChI=1S/C19H17F3N2O4/c1-28-13-9-7-12(8-10-13)16(25)14-15(11-5-3-2-4-6-11)23-17(26)24-18(14,27)19(20,21)22/h2-10,14-15,27H,1H3,(H2,23,24,26). The van der Waals surface area contributed by atoms with E-state index in [-0.39, 0.29) is 11.1 Å². The summed E-state index contributed by atoms with van der Waals surface area (Å²) in [6.07, 6.45) is -5.29. The molecule has 0 radical (unpaired) electrons. The van der Waals surface area contributed by atoms with Crippen LogP contribution in [0.1, 0.15) is 22.0 Å². The number of urea groups is 1. The molecule has 1 fully saturated rings. The van der Waals surface area contributed by atoms with Gasteiger partial charge in [0.1, 0.15) is 11.7 Å². The van der Waals surface area contributed by atoms with E-state index in [2.05, 4.69) is 5.32 Å². The zero-order valence-corrected chi connectivity index (χ0v) is 14.7. The van der Waals surface area contributed by atoms with Crippen molar-refractivity contribution in [1.82, 2.24) is 10.6 Å². The molecule has 148 valence electrons. The zero-order valence-electron chi connectivity index (χ0n) is 14.7. The Bertz CT molecular complexity index is 871.